The average Bonchev–Trinajstić information content (AvgIpc) is 3.20. The summed E-state index contributed by atoms with van der Waals surface area (Å²) in [5.74, 6) is -1.79. The Hall–Kier alpha value is -2.07. The van der Waals surface area contributed by atoms with Crippen LogP contribution in [0.2, 0.25) is 0 Å². The van der Waals surface area contributed by atoms with E-state index in [0.717, 1.165) is 64.2 Å². The molecule has 3 unspecified atom stereocenters. The van der Waals surface area contributed by atoms with Crippen LogP contribution in [0.3, 0.4) is 0 Å². The van der Waals surface area contributed by atoms with Crippen LogP contribution in [0.25, 0.3) is 0 Å². The first-order chi connectivity index (χ1) is 28.2. The zero-order chi connectivity index (χ0) is 42.6. The van der Waals surface area contributed by atoms with Crippen LogP contribution in [0, 0.1) is 0 Å². The molecular weight excluding hydrogens is 753 g/mol. The van der Waals surface area contributed by atoms with Crippen LogP contribution < -0.4 is 5.73 Å². The number of carboxylic acids is 1. The molecule has 0 aliphatic heterocycles. The molecule has 338 valence electrons. The summed E-state index contributed by atoms with van der Waals surface area (Å²) in [5, 5.41) is 8.91. The molecular formula is C47H86NO9P. The van der Waals surface area contributed by atoms with E-state index in [2.05, 4.69) is 62.5 Å². The maximum Gasteiger partial charge on any atom is 0.472 e. The van der Waals surface area contributed by atoms with Crippen molar-refractivity contribution in [2.75, 3.05) is 26.4 Å². The highest BCUT2D eigenvalue weighted by atomic mass is 31.2. The molecule has 0 spiro atoms. The van der Waals surface area contributed by atoms with E-state index in [1.807, 2.05) is 0 Å². The van der Waals surface area contributed by atoms with Crippen molar-refractivity contribution in [1.82, 2.24) is 0 Å². The quantitative estimate of drug-likeness (QED) is 0.0234. The highest BCUT2D eigenvalue weighted by Crippen LogP contribution is 2.43. The van der Waals surface area contributed by atoms with Gasteiger partial charge in [0.05, 0.1) is 19.8 Å². The third-order valence-corrected chi connectivity index (χ3v) is 10.8. The highest BCUT2D eigenvalue weighted by molar-refractivity contribution is 7.47. The second-order valence-electron chi connectivity index (χ2n) is 15.5. The molecule has 10 nitrogen and oxygen atoms in total. The summed E-state index contributed by atoms with van der Waals surface area (Å²) >= 11 is 0. The first kappa shape index (κ1) is 55.9. The van der Waals surface area contributed by atoms with Gasteiger partial charge in [0.1, 0.15) is 12.1 Å². The van der Waals surface area contributed by atoms with E-state index in [9.17, 15) is 19.0 Å². The van der Waals surface area contributed by atoms with Crippen LogP contribution in [0.5, 0.6) is 0 Å². The largest absolute Gasteiger partial charge is 0.480 e. The number of allylic oxidation sites excluding steroid dienone is 8. The number of nitrogens with two attached hydrogens (primary N) is 1. The fourth-order valence-electron chi connectivity index (χ4n) is 6.19. The number of rotatable bonds is 44. The standard InChI is InChI=1S/C47H86NO9P/c1-3-5-7-9-11-13-15-17-19-21-22-23-25-27-29-31-33-35-37-39-46(49)57-44(42-55-58(52,53)56-43-45(48)47(50)51)41-54-40-38-36-34-32-30-28-26-24-20-18-16-14-12-10-8-6-4-2/h11,13-14,16-17,19-20,24,44-45H,3-10,12,15,18,21-23,25-43,48H2,1-2H3,(H,50,51)(H,52,53)/b13-11-,16-14-,19-17-,24-20-. The lowest BCUT2D eigenvalue weighted by Gasteiger charge is -2.20. The summed E-state index contributed by atoms with van der Waals surface area (Å²) in [6.07, 6.45) is 50.1. The molecule has 0 aromatic rings. The van der Waals surface area contributed by atoms with E-state index in [0.29, 0.717) is 13.0 Å². The van der Waals surface area contributed by atoms with Gasteiger partial charge in [-0.1, -0.05) is 165 Å². The Morgan fingerprint density at radius 2 is 0.948 bits per heavy atom. The monoisotopic (exact) mass is 840 g/mol. The van der Waals surface area contributed by atoms with Gasteiger partial charge in [-0.25, -0.2) is 4.57 Å². The molecule has 0 aliphatic rings. The summed E-state index contributed by atoms with van der Waals surface area (Å²) in [4.78, 5) is 33.6. The maximum atomic E-state index is 12.7. The first-order valence-electron chi connectivity index (χ1n) is 23.2. The molecule has 0 radical (unpaired) electrons. The molecule has 0 rings (SSSR count). The van der Waals surface area contributed by atoms with Gasteiger partial charge in [0.15, 0.2) is 0 Å². The number of hydrogen-bond acceptors (Lipinski definition) is 8. The molecule has 3 atom stereocenters. The van der Waals surface area contributed by atoms with Gasteiger partial charge in [-0.15, -0.1) is 0 Å². The molecule has 0 fully saturated rings. The van der Waals surface area contributed by atoms with Gasteiger partial charge in [-0.05, 0) is 77.0 Å². The van der Waals surface area contributed by atoms with Crippen molar-refractivity contribution in [2.24, 2.45) is 5.73 Å². The first-order valence-corrected chi connectivity index (χ1v) is 24.7. The molecule has 58 heavy (non-hydrogen) atoms. The van der Waals surface area contributed by atoms with Gasteiger partial charge < -0.3 is 25.2 Å². The summed E-state index contributed by atoms with van der Waals surface area (Å²) in [7, 11) is -4.62. The van der Waals surface area contributed by atoms with Gasteiger partial charge in [-0.3, -0.25) is 18.6 Å². The number of phosphoric acid groups is 1. The topological polar surface area (TPSA) is 155 Å². The van der Waals surface area contributed by atoms with Gasteiger partial charge in [0, 0.05) is 13.0 Å². The SMILES string of the molecule is CCCCC/C=C\C/C=C\CCCCCCCCCCCC(=O)OC(COCCCCCCCC/C=C\C/C=C\CCCCCC)COP(=O)(O)OCC(N)C(=O)O. The van der Waals surface area contributed by atoms with E-state index < -0.39 is 45.1 Å². The molecule has 0 aromatic heterocycles. The fourth-order valence-corrected chi connectivity index (χ4v) is 6.97. The molecule has 0 amide bonds. The van der Waals surface area contributed by atoms with Crippen molar-refractivity contribution in [3.8, 4) is 0 Å². The number of hydrogen-bond donors (Lipinski definition) is 3. The Kier molecular flexibility index (Phi) is 41.5. The Balaban J connectivity index is 4.23. The zero-order valence-corrected chi connectivity index (χ0v) is 37.8. The Morgan fingerprint density at radius 1 is 0.552 bits per heavy atom. The summed E-state index contributed by atoms with van der Waals surface area (Å²) < 4.78 is 33.4. The van der Waals surface area contributed by atoms with Crippen molar-refractivity contribution in [3.05, 3.63) is 48.6 Å². The Bertz CT molecular complexity index is 1110. The van der Waals surface area contributed by atoms with Crippen LogP contribution in [0.4, 0.5) is 0 Å². The summed E-state index contributed by atoms with van der Waals surface area (Å²) in [5.41, 5.74) is 5.36. The minimum absolute atomic E-state index is 0.00752. The molecule has 11 heteroatoms. The molecule has 0 bridgehead atoms. The number of aliphatic carboxylic acids is 1. The number of phosphoric ester groups is 1. The van der Waals surface area contributed by atoms with Gasteiger partial charge in [0.2, 0.25) is 0 Å². The van der Waals surface area contributed by atoms with Crippen molar-refractivity contribution in [1.29, 1.82) is 0 Å². The van der Waals surface area contributed by atoms with Crippen molar-refractivity contribution in [3.63, 3.8) is 0 Å². The van der Waals surface area contributed by atoms with Gasteiger partial charge >= 0.3 is 19.8 Å². The van der Waals surface area contributed by atoms with E-state index in [1.165, 1.54) is 109 Å². The lowest BCUT2D eigenvalue weighted by Crippen LogP contribution is -2.34. The summed E-state index contributed by atoms with van der Waals surface area (Å²) in [6.45, 7) is 3.82. The average molecular weight is 840 g/mol. The minimum atomic E-state index is -4.62. The normalized spacial score (nSPS) is 14.3. The fraction of sp³-hybridized carbons (Fsp3) is 0.787. The van der Waals surface area contributed by atoms with Crippen LogP contribution >= 0.6 is 7.82 Å². The predicted molar refractivity (Wildman–Crippen MR) is 240 cm³/mol. The number of carbonyl (C=O) groups is 2. The van der Waals surface area contributed by atoms with E-state index in [1.54, 1.807) is 0 Å². The molecule has 0 aliphatic carbocycles. The molecule has 0 saturated carbocycles. The molecule has 0 saturated heterocycles. The number of unbranched alkanes of at least 4 members (excludes halogenated alkanes) is 22. The van der Waals surface area contributed by atoms with Crippen LogP contribution in [-0.4, -0.2) is 60.5 Å². The number of ether oxygens (including phenoxy) is 2. The van der Waals surface area contributed by atoms with Crippen molar-refractivity contribution in [2.45, 2.75) is 212 Å². The molecule has 0 heterocycles. The van der Waals surface area contributed by atoms with E-state index >= 15 is 0 Å². The number of carboxylic acid groups (broad SMARTS) is 1. The number of carbonyl (C=O) groups excluding carboxylic acids is 1. The summed E-state index contributed by atoms with van der Waals surface area (Å²) in [6, 6.07) is -1.48. The smallest absolute Gasteiger partial charge is 0.472 e. The van der Waals surface area contributed by atoms with E-state index in [4.69, 9.17) is 29.4 Å². The van der Waals surface area contributed by atoms with Crippen LogP contribution in [0.1, 0.15) is 200 Å². The van der Waals surface area contributed by atoms with E-state index in [-0.39, 0.29) is 13.0 Å². The highest BCUT2D eigenvalue weighted by Gasteiger charge is 2.27. The zero-order valence-electron chi connectivity index (χ0n) is 36.9. The second-order valence-corrected chi connectivity index (χ2v) is 17.0. The Morgan fingerprint density at radius 3 is 1.43 bits per heavy atom. The second kappa shape index (κ2) is 43.0. The lowest BCUT2D eigenvalue weighted by atomic mass is 10.1. The number of esters is 1. The predicted octanol–water partition coefficient (Wildman–Crippen LogP) is 13.0. The molecule has 0 aromatic carbocycles. The van der Waals surface area contributed by atoms with Crippen molar-refractivity contribution >= 4 is 19.8 Å². The van der Waals surface area contributed by atoms with Gasteiger partial charge in [0.25, 0.3) is 0 Å². The Labute approximate surface area is 354 Å². The molecule has 4 N–H and O–H groups in total. The van der Waals surface area contributed by atoms with Crippen LogP contribution in [0.15, 0.2) is 48.6 Å². The third kappa shape index (κ3) is 42.1. The maximum absolute atomic E-state index is 12.7. The van der Waals surface area contributed by atoms with Crippen molar-refractivity contribution < 1.29 is 42.7 Å². The lowest BCUT2D eigenvalue weighted by molar-refractivity contribution is -0.154. The van der Waals surface area contributed by atoms with Gasteiger partial charge in [-0.2, -0.15) is 0 Å². The van der Waals surface area contributed by atoms with Crippen LogP contribution in [-0.2, 0) is 32.7 Å². The third-order valence-electron chi connectivity index (χ3n) is 9.83. The minimum Gasteiger partial charge on any atom is -0.480 e.